The second-order valence-electron chi connectivity index (χ2n) is 7.66. The molecule has 0 bridgehead atoms. The fraction of sp³-hybridized carbons (Fsp3) is 0.0714. The Bertz CT molecular complexity index is 1440. The minimum Gasteiger partial charge on any atom is -0.493 e. The molecule has 1 heterocycles. The number of carbonyl (C=O) groups is 1. The van der Waals surface area contributed by atoms with Gasteiger partial charge in [-0.1, -0.05) is 72.3 Å². The van der Waals surface area contributed by atoms with E-state index >= 15 is 0 Å². The van der Waals surface area contributed by atoms with Crippen molar-refractivity contribution in [3.8, 4) is 11.5 Å². The van der Waals surface area contributed by atoms with Crippen LogP contribution >= 0.6 is 11.6 Å². The number of ether oxygens (including phenoxy) is 3. The zero-order valence-electron chi connectivity index (χ0n) is 18.3. The molecule has 1 aliphatic heterocycles. The van der Waals surface area contributed by atoms with Crippen molar-refractivity contribution in [1.29, 1.82) is 0 Å². The summed E-state index contributed by atoms with van der Waals surface area (Å²) < 4.78 is 16.9. The molecule has 0 aromatic heterocycles. The third-order valence-electron chi connectivity index (χ3n) is 5.45. The second-order valence-corrected chi connectivity index (χ2v) is 8.07. The van der Waals surface area contributed by atoms with Gasteiger partial charge in [0.15, 0.2) is 17.2 Å². The molecule has 0 N–H and O–H groups in total. The fourth-order valence-corrected chi connectivity index (χ4v) is 4.08. The van der Waals surface area contributed by atoms with E-state index in [0.29, 0.717) is 28.7 Å². The first-order valence-corrected chi connectivity index (χ1v) is 11.0. The molecule has 0 saturated carbocycles. The van der Waals surface area contributed by atoms with Gasteiger partial charge in [0.2, 0.25) is 5.90 Å². The predicted molar refractivity (Wildman–Crippen MR) is 133 cm³/mol. The number of halogens is 1. The van der Waals surface area contributed by atoms with Gasteiger partial charge in [-0.2, -0.15) is 0 Å². The van der Waals surface area contributed by atoms with Gasteiger partial charge < -0.3 is 14.2 Å². The molecule has 0 fully saturated rings. The van der Waals surface area contributed by atoms with Crippen LogP contribution in [0.4, 0.5) is 0 Å². The number of nitrogens with zero attached hydrogens (tertiary/aromatic N) is 1. The molecule has 0 aliphatic carbocycles. The lowest BCUT2D eigenvalue weighted by Crippen LogP contribution is -2.05. The van der Waals surface area contributed by atoms with E-state index < -0.39 is 5.97 Å². The van der Waals surface area contributed by atoms with E-state index in [2.05, 4.69) is 23.2 Å². The van der Waals surface area contributed by atoms with Gasteiger partial charge in [-0.05, 0) is 52.2 Å². The molecule has 5 nitrogen and oxygen atoms in total. The molecular weight excluding hydrogens is 450 g/mol. The van der Waals surface area contributed by atoms with Crippen molar-refractivity contribution in [3.05, 3.63) is 112 Å². The monoisotopic (exact) mass is 469 g/mol. The van der Waals surface area contributed by atoms with Gasteiger partial charge in [0.1, 0.15) is 6.61 Å². The number of methoxy groups -OCH3 is 1. The number of hydrogen-bond acceptors (Lipinski definition) is 5. The maximum absolute atomic E-state index is 12.3. The van der Waals surface area contributed by atoms with E-state index in [9.17, 15) is 4.79 Å². The summed E-state index contributed by atoms with van der Waals surface area (Å²) in [6, 6.07) is 26.9. The first-order chi connectivity index (χ1) is 16.6. The normalized spacial score (nSPS) is 14.2. The molecule has 0 atom stereocenters. The SMILES string of the molecule is COc1cc(/C=C2/N=C(c3ccccc3)OC2=O)cc(Cl)c1OCc1cccc2ccccc12. The summed E-state index contributed by atoms with van der Waals surface area (Å²) in [5.74, 6) is 0.634. The summed E-state index contributed by atoms with van der Waals surface area (Å²) in [5, 5.41) is 2.63. The van der Waals surface area contributed by atoms with Crippen LogP contribution in [-0.4, -0.2) is 19.0 Å². The number of benzene rings is 4. The van der Waals surface area contributed by atoms with E-state index in [4.69, 9.17) is 25.8 Å². The minimum atomic E-state index is -0.523. The number of hydrogen-bond donors (Lipinski definition) is 0. The van der Waals surface area contributed by atoms with Crippen molar-refractivity contribution in [1.82, 2.24) is 0 Å². The minimum absolute atomic E-state index is 0.182. The summed E-state index contributed by atoms with van der Waals surface area (Å²) in [4.78, 5) is 16.7. The van der Waals surface area contributed by atoms with Crippen LogP contribution in [-0.2, 0) is 16.1 Å². The topological polar surface area (TPSA) is 57.1 Å². The number of rotatable bonds is 6. The third-order valence-corrected chi connectivity index (χ3v) is 5.73. The van der Waals surface area contributed by atoms with Crippen molar-refractivity contribution in [2.24, 2.45) is 4.99 Å². The Morgan fingerprint density at radius 3 is 2.56 bits per heavy atom. The van der Waals surface area contributed by atoms with Gasteiger partial charge in [-0.3, -0.25) is 0 Å². The van der Waals surface area contributed by atoms with Gasteiger partial charge >= 0.3 is 5.97 Å². The first kappa shape index (κ1) is 21.7. The highest BCUT2D eigenvalue weighted by Gasteiger charge is 2.24. The molecule has 0 spiro atoms. The standard InChI is InChI=1S/C28H20ClNO4/c1-32-25-16-18(15-24-28(31)34-27(30-24)20-9-3-2-4-10-20)14-23(29)26(25)33-17-21-12-7-11-19-8-5-6-13-22(19)21/h2-16H,17H2,1H3/b24-15+. The number of fused-ring (bicyclic) bond motifs is 1. The number of esters is 1. The van der Waals surface area contributed by atoms with Crippen molar-refractivity contribution >= 4 is 40.3 Å². The number of aliphatic imine (C=N–C) groups is 1. The van der Waals surface area contributed by atoms with Crippen LogP contribution in [0.2, 0.25) is 5.02 Å². The highest BCUT2D eigenvalue weighted by Crippen LogP contribution is 2.38. The summed E-state index contributed by atoms with van der Waals surface area (Å²) >= 11 is 6.56. The Labute approximate surface area is 201 Å². The van der Waals surface area contributed by atoms with Crippen LogP contribution < -0.4 is 9.47 Å². The Morgan fingerprint density at radius 2 is 1.74 bits per heavy atom. The van der Waals surface area contributed by atoms with Crippen molar-refractivity contribution in [3.63, 3.8) is 0 Å². The molecule has 0 saturated heterocycles. The quantitative estimate of drug-likeness (QED) is 0.241. The average Bonchev–Trinajstić information content (AvgIpc) is 3.23. The molecule has 34 heavy (non-hydrogen) atoms. The van der Waals surface area contributed by atoms with E-state index in [1.165, 1.54) is 0 Å². The third kappa shape index (κ3) is 4.38. The molecule has 168 valence electrons. The Morgan fingerprint density at radius 1 is 0.971 bits per heavy atom. The van der Waals surface area contributed by atoms with E-state index in [0.717, 1.165) is 21.9 Å². The molecule has 0 unspecified atom stereocenters. The summed E-state index contributed by atoms with van der Waals surface area (Å²) in [6.07, 6.45) is 1.61. The zero-order chi connectivity index (χ0) is 23.5. The molecule has 4 aromatic rings. The lowest BCUT2D eigenvalue weighted by atomic mass is 10.1. The molecule has 5 rings (SSSR count). The highest BCUT2D eigenvalue weighted by atomic mass is 35.5. The van der Waals surface area contributed by atoms with Gasteiger partial charge in [-0.15, -0.1) is 0 Å². The number of cyclic esters (lactones) is 1. The van der Waals surface area contributed by atoms with Crippen LogP contribution in [0.15, 0.2) is 95.6 Å². The molecule has 6 heteroatoms. The van der Waals surface area contributed by atoms with Crippen molar-refractivity contribution < 1.29 is 19.0 Å². The zero-order valence-corrected chi connectivity index (χ0v) is 19.1. The van der Waals surface area contributed by atoms with Crippen LogP contribution in [0.5, 0.6) is 11.5 Å². The smallest absolute Gasteiger partial charge is 0.363 e. The van der Waals surface area contributed by atoms with E-state index in [1.54, 1.807) is 25.3 Å². The maximum atomic E-state index is 12.3. The van der Waals surface area contributed by atoms with Gasteiger partial charge in [0.05, 0.1) is 12.1 Å². The maximum Gasteiger partial charge on any atom is 0.363 e. The Kier molecular flexibility index (Phi) is 6.02. The molecular formula is C28H20ClNO4. The molecule has 0 radical (unpaired) electrons. The Hall–Kier alpha value is -4.09. The predicted octanol–water partition coefficient (Wildman–Crippen LogP) is 6.43. The van der Waals surface area contributed by atoms with E-state index in [1.807, 2.05) is 54.6 Å². The lowest BCUT2D eigenvalue weighted by molar-refractivity contribution is -0.129. The first-order valence-electron chi connectivity index (χ1n) is 10.7. The molecule has 1 aliphatic rings. The van der Waals surface area contributed by atoms with Crippen LogP contribution in [0.1, 0.15) is 16.7 Å². The van der Waals surface area contributed by atoms with Crippen molar-refractivity contribution in [2.75, 3.05) is 7.11 Å². The van der Waals surface area contributed by atoms with Crippen LogP contribution in [0.25, 0.3) is 16.8 Å². The molecule has 4 aromatic carbocycles. The van der Waals surface area contributed by atoms with Gasteiger partial charge in [0, 0.05) is 5.56 Å². The summed E-state index contributed by atoms with van der Waals surface area (Å²) in [7, 11) is 1.54. The highest BCUT2D eigenvalue weighted by molar-refractivity contribution is 6.32. The summed E-state index contributed by atoms with van der Waals surface area (Å²) in [6.45, 7) is 0.328. The lowest BCUT2D eigenvalue weighted by Gasteiger charge is -2.14. The largest absolute Gasteiger partial charge is 0.493 e. The number of carbonyl (C=O) groups excluding carboxylic acids is 1. The second kappa shape index (κ2) is 9.41. The van der Waals surface area contributed by atoms with Gasteiger partial charge in [-0.25, -0.2) is 9.79 Å². The van der Waals surface area contributed by atoms with Gasteiger partial charge in [0.25, 0.3) is 0 Å². The van der Waals surface area contributed by atoms with Crippen molar-refractivity contribution in [2.45, 2.75) is 6.61 Å². The van der Waals surface area contributed by atoms with E-state index in [-0.39, 0.29) is 11.6 Å². The summed E-state index contributed by atoms with van der Waals surface area (Å²) in [5.41, 5.74) is 2.59. The fourth-order valence-electron chi connectivity index (χ4n) is 3.80. The van der Waals surface area contributed by atoms with Crippen LogP contribution in [0, 0.1) is 0 Å². The van der Waals surface area contributed by atoms with Crippen LogP contribution in [0.3, 0.4) is 0 Å². The molecule has 0 amide bonds. The Balaban J connectivity index is 1.42. The average molecular weight is 470 g/mol.